The molecule has 0 aromatic heterocycles. The standard InChI is InChI=1S/C16H23ClN2O2/c1-15(2,3)21-14(20)19-13-9-11(17)5-6-12(13)16(10-18)7-4-8-16/h5-6,9H,4,7-8,10,18H2,1-3H3,(H,19,20). The molecule has 1 aromatic rings. The van der Waals surface area contributed by atoms with Crippen LogP contribution in [0.5, 0.6) is 0 Å². The minimum atomic E-state index is -0.537. The molecular weight excluding hydrogens is 288 g/mol. The topological polar surface area (TPSA) is 64.3 Å². The van der Waals surface area contributed by atoms with Crippen LogP contribution < -0.4 is 11.1 Å². The third-order valence-corrected chi connectivity index (χ3v) is 4.13. The lowest BCUT2D eigenvalue weighted by Crippen LogP contribution is -2.42. The number of hydrogen-bond donors (Lipinski definition) is 2. The summed E-state index contributed by atoms with van der Waals surface area (Å²) in [7, 11) is 0. The Labute approximate surface area is 131 Å². The van der Waals surface area contributed by atoms with E-state index >= 15 is 0 Å². The molecule has 4 nitrogen and oxygen atoms in total. The Balaban J connectivity index is 2.26. The highest BCUT2D eigenvalue weighted by Gasteiger charge is 2.39. The Morgan fingerprint density at radius 1 is 1.43 bits per heavy atom. The summed E-state index contributed by atoms with van der Waals surface area (Å²) in [6.07, 6.45) is 2.76. The Kier molecular flexibility index (Phi) is 4.49. The smallest absolute Gasteiger partial charge is 0.412 e. The maximum Gasteiger partial charge on any atom is 0.412 e. The van der Waals surface area contributed by atoms with Gasteiger partial charge in [-0.05, 0) is 51.3 Å². The van der Waals surface area contributed by atoms with Crippen LogP contribution in [-0.4, -0.2) is 18.2 Å². The van der Waals surface area contributed by atoms with E-state index in [1.165, 1.54) is 0 Å². The molecule has 5 heteroatoms. The highest BCUT2D eigenvalue weighted by atomic mass is 35.5. The van der Waals surface area contributed by atoms with Crippen LogP contribution in [0.25, 0.3) is 0 Å². The summed E-state index contributed by atoms with van der Waals surface area (Å²) < 4.78 is 5.31. The molecule has 0 aliphatic heterocycles. The molecule has 0 spiro atoms. The second kappa shape index (κ2) is 5.85. The molecule has 0 radical (unpaired) electrons. The fourth-order valence-corrected chi connectivity index (χ4v) is 2.85. The second-order valence-electron chi connectivity index (χ2n) is 6.65. The van der Waals surface area contributed by atoms with Gasteiger partial charge in [0.25, 0.3) is 0 Å². The van der Waals surface area contributed by atoms with Crippen LogP contribution in [0.1, 0.15) is 45.6 Å². The van der Waals surface area contributed by atoms with E-state index in [4.69, 9.17) is 22.1 Å². The van der Waals surface area contributed by atoms with Gasteiger partial charge in [-0.2, -0.15) is 0 Å². The predicted octanol–water partition coefficient (Wildman–Crippen LogP) is 4.07. The van der Waals surface area contributed by atoms with Crippen LogP contribution in [-0.2, 0) is 10.2 Å². The summed E-state index contributed by atoms with van der Waals surface area (Å²) in [5.74, 6) is 0. The first-order valence-corrected chi connectivity index (χ1v) is 7.64. The van der Waals surface area contributed by atoms with Crippen molar-refractivity contribution in [3.8, 4) is 0 Å². The van der Waals surface area contributed by atoms with Crippen molar-refractivity contribution in [2.75, 3.05) is 11.9 Å². The lowest BCUT2D eigenvalue weighted by Gasteiger charge is -2.42. The van der Waals surface area contributed by atoms with Crippen LogP contribution in [0.3, 0.4) is 0 Å². The monoisotopic (exact) mass is 310 g/mol. The summed E-state index contributed by atoms with van der Waals surface area (Å²) in [6.45, 7) is 6.06. The van der Waals surface area contributed by atoms with Crippen molar-refractivity contribution in [3.05, 3.63) is 28.8 Å². The van der Waals surface area contributed by atoms with Crippen molar-refractivity contribution in [1.29, 1.82) is 0 Å². The maximum absolute atomic E-state index is 12.0. The molecule has 1 saturated carbocycles. The number of carbonyl (C=O) groups excluding carboxylic acids is 1. The van der Waals surface area contributed by atoms with Crippen molar-refractivity contribution in [2.45, 2.75) is 51.0 Å². The molecule has 0 atom stereocenters. The van der Waals surface area contributed by atoms with E-state index in [0.29, 0.717) is 17.3 Å². The first-order chi connectivity index (χ1) is 9.76. The second-order valence-corrected chi connectivity index (χ2v) is 7.09. The van der Waals surface area contributed by atoms with Crippen LogP contribution in [0.4, 0.5) is 10.5 Å². The third-order valence-electron chi connectivity index (χ3n) is 3.89. The van der Waals surface area contributed by atoms with Gasteiger partial charge >= 0.3 is 6.09 Å². The van der Waals surface area contributed by atoms with E-state index < -0.39 is 11.7 Å². The molecular formula is C16H23ClN2O2. The minimum Gasteiger partial charge on any atom is -0.444 e. The number of nitrogens with two attached hydrogens (primary N) is 1. The van der Waals surface area contributed by atoms with E-state index in [9.17, 15) is 4.79 Å². The summed E-state index contributed by atoms with van der Waals surface area (Å²) in [6, 6.07) is 5.56. The first kappa shape index (κ1) is 16.1. The Morgan fingerprint density at radius 2 is 2.10 bits per heavy atom. The number of hydrogen-bond acceptors (Lipinski definition) is 3. The maximum atomic E-state index is 12.0. The van der Waals surface area contributed by atoms with Crippen molar-refractivity contribution in [1.82, 2.24) is 0 Å². The normalized spacial score (nSPS) is 17.0. The Hall–Kier alpha value is -1.26. The summed E-state index contributed by atoms with van der Waals surface area (Å²) in [5, 5.41) is 3.39. The van der Waals surface area contributed by atoms with Gasteiger partial charge in [0, 0.05) is 22.7 Å². The fraction of sp³-hybridized carbons (Fsp3) is 0.562. The molecule has 3 N–H and O–H groups in total. The SMILES string of the molecule is CC(C)(C)OC(=O)Nc1cc(Cl)ccc1C1(CN)CCC1. The highest BCUT2D eigenvalue weighted by Crippen LogP contribution is 2.46. The van der Waals surface area contributed by atoms with E-state index in [1.54, 1.807) is 6.07 Å². The van der Waals surface area contributed by atoms with Gasteiger partial charge in [-0.15, -0.1) is 0 Å². The molecule has 116 valence electrons. The zero-order chi connectivity index (χ0) is 15.7. The van der Waals surface area contributed by atoms with E-state index in [-0.39, 0.29) is 5.41 Å². The van der Waals surface area contributed by atoms with E-state index in [1.807, 2.05) is 32.9 Å². The first-order valence-electron chi connectivity index (χ1n) is 7.26. The molecule has 1 aromatic carbocycles. The number of ether oxygens (including phenoxy) is 1. The zero-order valence-electron chi connectivity index (χ0n) is 12.8. The molecule has 1 aliphatic rings. The summed E-state index contributed by atoms with van der Waals surface area (Å²) >= 11 is 6.06. The van der Waals surface area contributed by atoms with E-state index in [0.717, 1.165) is 24.8 Å². The van der Waals surface area contributed by atoms with Gasteiger partial charge in [0.15, 0.2) is 0 Å². The Bertz CT molecular complexity index is 528. The lowest BCUT2D eigenvalue weighted by molar-refractivity contribution is 0.0635. The number of anilines is 1. The number of rotatable bonds is 3. The van der Waals surface area contributed by atoms with Gasteiger partial charge < -0.3 is 10.5 Å². The number of carbonyl (C=O) groups is 1. The lowest BCUT2D eigenvalue weighted by atomic mass is 9.64. The number of benzene rings is 1. The largest absolute Gasteiger partial charge is 0.444 e. The molecule has 1 amide bonds. The quantitative estimate of drug-likeness (QED) is 0.884. The molecule has 1 fully saturated rings. The predicted molar refractivity (Wildman–Crippen MR) is 85.9 cm³/mol. The highest BCUT2D eigenvalue weighted by molar-refractivity contribution is 6.31. The minimum absolute atomic E-state index is 0.0467. The molecule has 21 heavy (non-hydrogen) atoms. The van der Waals surface area contributed by atoms with Gasteiger partial charge in [-0.1, -0.05) is 24.1 Å². The molecule has 1 aliphatic carbocycles. The number of amides is 1. The van der Waals surface area contributed by atoms with Crippen LogP contribution in [0.15, 0.2) is 18.2 Å². The van der Waals surface area contributed by atoms with Crippen molar-refractivity contribution in [2.24, 2.45) is 5.73 Å². The van der Waals surface area contributed by atoms with Crippen molar-refractivity contribution >= 4 is 23.4 Å². The van der Waals surface area contributed by atoms with Crippen molar-refractivity contribution < 1.29 is 9.53 Å². The van der Waals surface area contributed by atoms with Gasteiger partial charge in [0.2, 0.25) is 0 Å². The van der Waals surface area contributed by atoms with Crippen LogP contribution in [0.2, 0.25) is 5.02 Å². The van der Waals surface area contributed by atoms with Crippen LogP contribution in [0, 0.1) is 0 Å². The van der Waals surface area contributed by atoms with Crippen LogP contribution >= 0.6 is 11.6 Å². The summed E-state index contributed by atoms with van der Waals surface area (Å²) in [4.78, 5) is 12.0. The van der Waals surface area contributed by atoms with Gasteiger partial charge in [-0.25, -0.2) is 4.79 Å². The molecule has 0 unspecified atom stereocenters. The molecule has 0 bridgehead atoms. The van der Waals surface area contributed by atoms with Gasteiger partial charge in [0.05, 0.1) is 0 Å². The molecule has 2 rings (SSSR count). The average Bonchev–Trinajstić information content (AvgIpc) is 2.28. The zero-order valence-corrected chi connectivity index (χ0v) is 13.6. The fourth-order valence-electron chi connectivity index (χ4n) is 2.68. The Morgan fingerprint density at radius 3 is 2.57 bits per heavy atom. The summed E-state index contributed by atoms with van der Waals surface area (Å²) in [5.41, 5.74) is 7.12. The average molecular weight is 311 g/mol. The van der Waals surface area contributed by atoms with Gasteiger partial charge in [-0.3, -0.25) is 5.32 Å². The van der Waals surface area contributed by atoms with E-state index in [2.05, 4.69) is 5.32 Å². The number of nitrogens with one attached hydrogen (secondary N) is 1. The third kappa shape index (κ3) is 3.69. The van der Waals surface area contributed by atoms with Gasteiger partial charge in [0.1, 0.15) is 5.60 Å². The number of halogens is 1. The van der Waals surface area contributed by atoms with Crippen molar-refractivity contribution in [3.63, 3.8) is 0 Å². The molecule has 0 saturated heterocycles. The molecule has 0 heterocycles.